The molecule has 0 saturated carbocycles. The maximum absolute atomic E-state index is 12.5. The molecule has 7 nitrogen and oxygen atoms in total. The summed E-state index contributed by atoms with van der Waals surface area (Å²) in [5.74, 6) is 1.23. The SMILES string of the molecule is CCCOc1ccc(NC(=O)Cc2csc(N3CCCC3=O)n2)cc1OCCC. The van der Waals surface area contributed by atoms with E-state index in [1.54, 1.807) is 17.0 Å². The van der Waals surface area contributed by atoms with E-state index in [-0.39, 0.29) is 18.2 Å². The Balaban J connectivity index is 1.62. The van der Waals surface area contributed by atoms with Crippen LogP contribution in [0.3, 0.4) is 0 Å². The lowest BCUT2D eigenvalue weighted by Crippen LogP contribution is -2.23. The molecule has 2 heterocycles. The van der Waals surface area contributed by atoms with E-state index >= 15 is 0 Å². The van der Waals surface area contributed by atoms with Crippen LogP contribution in [-0.4, -0.2) is 36.6 Å². The summed E-state index contributed by atoms with van der Waals surface area (Å²) >= 11 is 1.40. The Hall–Kier alpha value is -2.61. The van der Waals surface area contributed by atoms with Crippen LogP contribution in [0.25, 0.3) is 0 Å². The van der Waals surface area contributed by atoms with Gasteiger partial charge in [-0.25, -0.2) is 4.98 Å². The highest BCUT2D eigenvalue weighted by atomic mass is 32.1. The largest absolute Gasteiger partial charge is 0.490 e. The average Bonchev–Trinajstić information content (AvgIpc) is 3.34. The van der Waals surface area contributed by atoms with Gasteiger partial charge in [-0.2, -0.15) is 0 Å². The first-order chi connectivity index (χ1) is 14.1. The zero-order chi connectivity index (χ0) is 20.6. The van der Waals surface area contributed by atoms with Crippen molar-refractivity contribution >= 4 is 34.0 Å². The Kier molecular flexibility index (Phi) is 7.46. The van der Waals surface area contributed by atoms with E-state index < -0.39 is 0 Å². The third-order valence-electron chi connectivity index (χ3n) is 4.34. The van der Waals surface area contributed by atoms with Gasteiger partial charge in [-0.15, -0.1) is 11.3 Å². The van der Waals surface area contributed by atoms with Crippen molar-refractivity contribution in [2.75, 3.05) is 30.0 Å². The van der Waals surface area contributed by atoms with Gasteiger partial charge in [-0.3, -0.25) is 14.5 Å². The highest BCUT2D eigenvalue weighted by Gasteiger charge is 2.24. The number of nitrogens with zero attached hydrogens (tertiary/aromatic N) is 2. The van der Waals surface area contributed by atoms with E-state index in [0.29, 0.717) is 54.2 Å². The maximum atomic E-state index is 12.5. The number of ether oxygens (including phenoxy) is 2. The number of amides is 2. The Labute approximate surface area is 175 Å². The van der Waals surface area contributed by atoms with Crippen LogP contribution in [-0.2, 0) is 16.0 Å². The topological polar surface area (TPSA) is 80.8 Å². The standard InChI is InChI=1S/C21H27N3O4S/c1-3-10-27-17-8-7-15(12-18(17)28-11-4-2)22-19(25)13-16-14-29-21(23-16)24-9-5-6-20(24)26/h7-8,12,14H,3-6,9-11,13H2,1-2H3,(H,22,25). The van der Waals surface area contributed by atoms with Gasteiger partial charge in [-0.05, 0) is 31.4 Å². The molecule has 0 atom stereocenters. The number of hydrogen-bond acceptors (Lipinski definition) is 6. The normalized spacial score (nSPS) is 13.6. The number of hydrogen-bond donors (Lipinski definition) is 1. The minimum absolute atomic E-state index is 0.0975. The lowest BCUT2D eigenvalue weighted by atomic mass is 10.2. The second-order valence-electron chi connectivity index (χ2n) is 6.85. The third kappa shape index (κ3) is 5.69. The molecule has 0 unspecified atom stereocenters. The highest BCUT2D eigenvalue weighted by Crippen LogP contribution is 2.31. The van der Waals surface area contributed by atoms with Gasteiger partial charge < -0.3 is 14.8 Å². The van der Waals surface area contributed by atoms with Crippen LogP contribution >= 0.6 is 11.3 Å². The van der Waals surface area contributed by atoms with E-state index in [4.69, 9.17) is 9.47 Å². The molecule has 0 radical (unpaired) electrons. The molecule has 1 saturated heterocycles. The molecule has 1 aliphatic rings. The predicted molar refractivity (Wildman–Crippen MR) is 114 cm³/mol. The van der Waals surface area contributed by atoms with Gasteiger partial charge in [0.1, 0.15) is 0 Å². The van der Waals surface area contributed by atoms with E-state index in [1.807, 2.05) is 25.3 Å². The van der Waals surface area contributed by atoms with E-state index in [1.165, 1.54) is 11.3 Å². The summed E-state index contributed by atoms with van der Waals surface area (Å²) in [7, 11) is 0. The van der Waals surface area contributed by atoms with Crippen molar-refractivity contribution in [1.82, 2.24) is 4.98 Å². The average molecular weight is 418 g/mol. The Morgan fingerprint density at radius 1 is 1.21 bits per heavy atom. The molecule has 2 aromatic rings. The van der Waals surface area contributed by atoms with Crippen LogP contribution in [0.2, 0.25) is 0 Å². The molecule has 1 aromatic heterocycles. The minimum Gasteiger partial charge on any atom is -0.490 e. The molecule has 29 heavy (non-hydrogen) atoms. The quantitative estimate of drug-likeness (QED) is 0.631. The molecule has 2 amide bonds. The lowest BCUT2D eigenvalue weighted by molar-refractivity contribution is -0.117. The molecule has 0 aliphatic carbocycles. The summed E-state index contributed by atoms with van der Waals surface area (Å²) < 4.78 is 11.5. The summed E-state index contributed by atoms with van der Waals surface area (Å²) in [4.78, 5) is 30.4. The summed E-state index contributed by atoms with van der Waals surface area (Å²) in [6, 6.07) is 5.40. The fourth-order valence-electron chi connectivity index (χ4n) is 2.96. The van der Waals surface area contributed by atoms with Gasteiger partial charge in [0.25, 0.3) is 0 Å². The van der Waals surface area contributed by atoms with Crippen LogP contribution in [0.4, 0.5) is 10.8 Å². The summed E-state index contributed by atoms with van der Waals surface area (Å²) in [5, 5.41) is 5.39. The molecule has 3 rings (SSSR count). The smallest absolute Gasteiger partial charge is 0.230 e. The summed E-state index contributed by atoms with van der Waals surface area (Å²) in [6.45, 7) is 5.97. The minimum atomic E-state index is -0.168. The third-order valence-corrected chi connectivity index (χ3v) is 5.25. The molecule has 156 valence electrons. The van der Waals surface area contributed by atoms with Gasteiger partial charge in [0.15, 0.2) is 16.6 Å². The van der Waals surface area contributed by atoms with Gasteiger partial charge in [-0.1, -0.05) is 13.8 Å². The van der Waals surface area contributed by atoms with Crippen LogP contribution in [0.1, 0.15) is 45.2 Å². The number of aromatic nitrogens is 1. The maximum Gasteiger partial charge on any atom is 0.230 e. The van der Waals surface area contributed by atoms with E-state index in [9.17, 15) is 9.59 Å². The van der Waals surface area contributed by atoms with Gasteiger partial charge in [0, 0.05) is 30.1 Å². The highest BCUT2D eigenvalue weighted by molar-refractivity contribution is 7.14. The molecular formula is C21H27N3O4S. The van der Waals surface area contributed by atoms with Crippen LogP contribution < -0.4 is 19.7 Å². The van der Waals surface area contributed by atoms with Crippen LogP contribution in [0.15, 0.2) is 23.6 Å². The fourth-order valence-corrected chi connectivity index (χ4v) is 3.83. The Morgan fingerprint density at radius 2 is 1.97 bits per heavy atom. The first-order valence-corrected chi connectivity index (χ1v) is 10.9. The van der Waals surface area contributed by atoms with E-state index in [2.05, 4.69) is 10.3 Å². The molecule has 0 bridgehead atoms. The molecule has 1 N–H and O–H groups in total. The molecule has 1 fully saturated rings. The van der Waals surface area contributed by atoms with Crippen molar-refractivity contribution < 1.29 is 19.1 Å². The zero-order valence-electron chi connectivity index (χ0n) is 16.9. The molecule has 1 aromatic carbocycles. The molecule has 1 aliphatic heterocycles. The number of rotatable bonds is 10. The van der Waals surface area contributed by atoms with E-state index in [0.717, 1.165) is 19.3 Å². The van der Waals surface area contributed by atoms with Gasteiger partial charge in [0.05, 0.1) is 25.3 Å². The number of benzene rings is 1. The first kappa shape index (κ1) is 21.1. The van der Waals surface area contributed by atoms with Crippen molar-refractivity contribution in [2.24, 2.45) is 0 Å². The number of carbonyl (C=O) groups is 2. The van der Waals surface area contributed by atoms with Crippen LogP contribution in [0.5, 0.6) is 11.5 Å². The second-order valence-corrected chi connectivity index (χ2v) is 7.69. The fraction of sp³-hybridized carbons (Fsp3) is 0.476. The van der Waals surface area contributed by atoms with Crippen molar-refractivity contribution in [3.63, 3.8) is 0 Å². The number of thiazole rings is 1. The number of anilines is 2. The molecule has 0 spiro atoms. The van der Waals surface area contributed by atoms with Gasteiger partial charge in [0.2, 0.25) is 11.8 Å². The molecule has 8 heteroatoms. The van der Waals surface area contributed by atoms with Crippen molar-refractivity contribution in [1.29, 1.82) is 0 Å². The monoisotopic (exact) mass is 417 g/mol. The Morgan fingerprint density at radius 3 is 2.66 bits per heavy atom. The van der Waals surface area contributed by atoms with Crippen molar-refractivity contribution in [2.45, 2.75) is 46.0 Å². The summed E-state index contributed by atoms with van der Waals surface area (Å²) in [5.41, 5.74) is 1.31. The first-order valence-electron chi connectivity index (χ1n) is 10.0. The van der Waals surface area contributed by atoms with Gasteiger partial charge >= 0.3 is 0 Å². The zero-order valence-corrected chi connectivity index (χ0v) is 17.7. The second kappa shape index (κ2) is 10.2. The number of nitrogens with one attached hydrogen (secondary N) is 1. The van der Waals surface area contributed by atoms with Crippen molar-refractivity contribution in [3.8, 4) is 11.5 Å². The predicted octanol–water partition coefficient (Wildman–Crippen LogP) is 4.03. The van der Waals surface area contributed by atoms with Crippen LogP contribution in [0, 0.1) is 0 Å². The summed E-state index contributed by atoms with van der Waals surface area (Å²) in [6.07, 6.45) is 3.36. The van der Waals surface area contributed by atoms with Crippen molar-refractivity contribution in [3.05, 3.63) is 29.3 Å². The lowest BCUT2D eigenvalue weighted by Gasteiger charge is -2.14. The Bertz CT molecular complexity index is 852. The molecular weight excluding hydrogens is 390 g/mol. The number of carbonyl (C=O) groups excluding carboxylic acids is 2.